The Hall–Kier alpha value is -2.13. The Labute approximate surface area is 143 Å². The van der Waals surface area contributed by atoms with Crippen LogP contribution in [-0.2, 0) is 16.8 Å². The van der Waals surface area contributed by atoms with Gasteiger partial charge in [0.15, 0.2) is 0 Å². The molecule has 1 unspecified atom stereocenters. The summed E-state index contributed by atoms with van der Waals surface area (Å²) in [6.07, 6.45) is 2.33. The van der Waals surface area contributed by atoms with Gasteiger partial charge in [-0.15, -0.1) is 0 Å². The molecule has 2 aromatic carbocycles. The maximum Gasteiger partial charge on any atom is 0.228 e. The van der Waals surface area contributed by atoms with Crippen LogP contribution in [0.25, 0.3) is 0 Å². The Balaban J connectivity index is 1.49. The first-order valence-corrected chi connectivity index (χ1v) is 8.82. The van der Waals surface area contributed by atoms with Crippen molar-refractivity contribution in [2.75, 3.05) is 13.1 Å². The number of carbonyl (C=O) groups is 1. The smallest absolute Gasteiger partial charge is 0.228 e. The van der Waals surface area contributed by atoms with Crippen LogP contribution in [0.1, 0.15) is 41.0 Å². The van der Waals surface area contributed by atoms with E-state index >= 15 is 0 Å². The van der Waals surface area contributed by atoms with Gasteiger partial charge in [0.1, 0.15) is 0 Å². The van der Waals surface area contributed by atoms with Gasteiger partial charge in [-0.3, -0.25) is 4.79 Å². The molecule has 0 saturated heterocycles. The van der Waals surface area contributed by atoms with Crippen molar-refractivity contribution in [3.8, 4) is 0 Å². The van der Waals surface area contributed by atoms with Crippen LogP contribution < -0.4 is 10.6 Å². The highest BCUT2D eigenvalue weighted by Gasteiger charge is 2.44. The number of nitrogens with one attached hydrogen (secondary N) is 2. The van der Waals surface area contributed by atoms with E-state index in [1.54, 1.807) is 0 Å². The second kappa shape index (κ2) is 6.06. The molecule has 0 bridgehead atoms. The Kier molecular flexibility index (Phi) is 3.89. The van der Waals surface area contributed by atoms with Gasteiger partial charge < -0.3 is 10.6 Å². The fourth-order valence-electron chi connectivity index (χ4n) is 3.96. The molecule has 1 aliphatic carbocycles. The van der Waals surface area contributed by atoms with Gasteiger partial charge in [0.25, 0.3) is 0 Å². The summed E-state index contributed by atoms with van der Waals surface area (Å²) in [5.41, 5.74) is 5.21. The molecule has 1 heterocycles. The molecule has 0 spiro atoms. The number of amides is 1. The number of hydrogen-bond acceptors (Lipinski definition) is 2. The van der Waals surface area contributed by atoms with Crippen LogP contribution in [0.15, 0.2) is 48.5 Å². The largest absolute Gasteiger partial charge is 0.355 e. The fraction of sp³-hybridized carbons (Fsp3) is 0.381. The lowest BCUT2D eigenvalue weighted by atomic mass is 9.86. The van der Waals surface area contributed by atoms with Crippen LogP contribution in [0.4, 0.5) is 0 Å². The van der Waals surface area contributed by atoms with Gasteiger partial charge in [-0.05, 0) is 42.0 Å². The molecule has 2 N–H and O–H groups in total. The lowest BCUT2D eigenvalue weighted by molar-refractivity contribution is -0.122. The van der Waals surface area contributed by atoms with E-state index in [0.29, 0.717) is 0 Å². The highest BCUT2D eigenvalue weighted by Crippen LogP contribution is 2.47. The maximum absolute atomic E-state index is 12.9. The lowest BCUT2D eigenvalue weighted by Crippen LogP contribution is -2.41. The molecule has 1 amide bonds. The van der Waals surface area contributed by atoms with Crippen molar-refractivity contribution >= 4 is 5.91 Å². The van der Waals surface area contributed by atoms with Crippen LogP contribution in [0.5, 0.6) is 0 Å². The minimum Gasteiger partial charge on any atom is -0.355 e. The van der Waals surface area contributed by atoms with E-state index in [1.165, 1.54) is 22.3 Å². The number of aryl methyl sites for hydroxylation is 1. The maximum atomic E-state index is 12.9. The van der Waals surface area contributed by atoms with E-state index in [9.17, 15) is 4.79 Å². The summed E-state index contributed by atoms with van der Waals surface area (Å²) in [6.45, 7) is 4.43. The minimum atomic E-state index is -0.0819. The quantitative estimate of drug-likeness (QED) is 0.909. The number of rotatable bonds is 4. The van der Waals surface area contributed by atoms with Crippen LogP contribution >= 0.6 is 0 Å². The zero-order valence-corrected chi connectivity index (χ0v) is 14.1. The molecule has 24 heavy (non-hydrogen) atoms. The molecule has 1 saturated carbocycles. The monoisotopic (exact) mass is 320 g/mol. The minimum absolute atomic E-state index is 0.0819. The van der Waals surface area contributed by atoms with Crippen LogP contribution in [-0.4, -0.2) is 19.0 Å². The number of benzene rings is 2. The summed E-state index contributed by atoms with van der Waals surface area (Å²) in [4.78, 5) is 12.9. The Morgan fingerprint density at radius 1 is 1.17 bits per heavy atom. The second-order valence-corrected chi connectivity index (χ2v) is 7.20. The molecule has 0 radical (unpaired) electrons. The molecule has 124 valence electrons. The predicted octanol–water partition coefficient (Wildman–Crippen LogP) is 3.03. The lowest BCUT2D eigenvalue weighted by Gasteiger charge is -2.28. The van der Waals surface area contributed by atoms with Crippen molar-refractivity contribution < 1.29 is 4.79 Å². The van der Waals surface area contributed by atoms with E-state index in [-0.39, 0.29) is 17.2 Å². The summed E-state index contributed by atoms with van der Waals surface area (Å²) >= 11 is 0. The SMILES string of the molecule is Cc1cccc2c1C(C(=O)NCC1(c3ccccc3)CC1)CNC2. The van der Waals surface area contributed by atoms with Gasteiger partial charge in [0.2, 0.25) is 5.91 Å². The van der Waals surface area contributed by atoms with Crippen LogP contribution in [0, 0.1) is 6.92 Å². The average molecular weight is 320 g/mol. The molecular formula is C21H24N2O. The third kappa shape index (κ3) is 2.73. The third-order valence-corrected chi connectivity index (χ3v) is 5.58. The molecule has 1 atom stereocenters. The zero-order valence-electron chi connectivity index (χ0n) is 14.1. The van der Waals surface area contributed by atoms with Crippen LogP contribution in [0.3, 0.4) is 0 Å². The topological polar surface area (TPSA) is 41.1 Å². The Bertz CT molecular complexity index is 750. The second-order valence-electron chi connectivity index (χ2n) is 7.20. The Morgan fingerprint density at radius 3 is 2.71 bits per heavy atom. The van der Waals surface area contributed by atoms with E-state index in [2.05, 4.69) is 60.0 Å². The average Bonchev–Trinajstić information content (AvgIpc) is 3.41. The Morgan fingerprint density at radius 2 is 1.96 bits per heavy atom. The zero-order chi connectivity index (χ0) is 16.6. The van der Waals surface area contributed by atoms with Crippen molar-refractivity contribution in [3.05, 3.63) is 70.8 Å². The van der Waals surface area contributed by atoms with Gasteiger partial charge in [-0.1, -0.05) is 48.5 Å². The molecule has 0 aromatic heterocycles. The summed E-state index contributed by atoms with van der Waals surface area (Å²) in [5.74, 6) is 0.0708. The summed E-state index contributed by atoms with van der Waals surface area (Å²) < 4.78 is 0. The van der Waals surface area contributed by atoms with Crippen LogP contribution in [0.2, 0.25) is 0 Å². The highest BCUT2D eigenvalue weighted by molar-refractivity contribution is 5.85. The van der Waals surface area contributed by atoms with Crippen molar-refractivity contribution in [2.45, 2.75) is 37.6 Å². The summed E-state index contributed by atoms with van der Waals surface area (Å²) in [6, 6.07) is 16.9. The van der Waals surface area contributed by atoms with Crippen molar-refractivity contribution in [1.29, 1.82) is 0 Å². The molecular weight excluding hydrogens is 296 g/mol. The van der Waals surface area contributed by atoms with Crippen molar-refractivity contribution in [2.24, 2.45) is 0 Å². The van der Waals surface area contributed by atoms with Crippen molar-refractivity contribution in [3.63, 3.8) is 0 Å². The normalized spacial score (nSPS) is 21.0. The van der Waals surface area contributed by atoms with E-state index in [4.69, 9.17) is 0 Å². The molecule has 3 nitrogen and oxygen atoms in total. The highest BCUT2D eigenvalue weighted by atomic mass is 16.1. The number of hydrogen-bond donors (Lipinski definition) is 2. The van der Waals surface area contributed by atoms with Gasteiger partial charge in [-0.2, -0.15) is 0 Å². The van der Waals surface area contributed by atoms with E-state index in [1.807, 2.05) is 6.07 Å². The molecule has 4 rings (SSSR count). The summed E-state index contributed by atoms with van der Waals surface area (Å²) in [5, 5.41) is 6.63. The van der Waals surface area contributed by atoms with Gasteiger partial charge in [0.05, 0.1) is 5.92 Å². The first kappa shape index (κ1) is 15.4. The van der Waals surface area contributed by atoms with Gasteiger partial charge in [0, 0.05) is 25.0 Å². The molecule has 2 aromatic rings. The predicted molar refractivity (Wildman–Crippen MR) is 96.0 cm³/mol. The molecule has 2 aliphatic rings. The van der Waals surface area contributed by atoms with Gasteiger partial charge >= 0.3 is 0 Å². The third-order valence-electron chi connectivity index (χ3n) is 5.58. The molecule has 3 heteroatoms. The fourth-order valence-corrected chi connectivity index (χ4v) is 3.96. The van der Waals surface area contributed by atoms with E-state index < -0.39 is 0 Å². The standard InChI is InChI=1S/C21H24N2O/c1-15-6-5-7-16-12-22-13-18(19(15)16)20(24)23-14-21(10-11-21)17-8-3-2-4-9-17/h2-9,18,22H,10-14H2,1H3,(H,23,24). The molecule has 1 aliphatic heterocycles. The van der Waals surface area contributed by atoms with Gasteiger partial charge in [-0.25, -0.2) is 0 Å². The molecule has 1 fully saturated rings. The number of fused-ring (bicyclic) bond motifs is 1. The number of carbonyl (C=O) groups excluding carboxylic acids is 1. The first-order chi connectivity index (χ1) is 11.7. The van der Waals surface area contributed by atoms with Crippen molar-refractivity contribution in [1.82, 2.24) is 10.6 Å². The summed E-state index contributed by atoms with van der Waals surface area (Å²) in [7, 11) is 0. The first-order valence-electron chi connectivity index (χ1n) is 8.82. The van der Waals surface area contributed by atoms with E-state index in [0.717, 1.165) is 32.5 Å².